The summed E-state index contributed by atoms with van der Waals surface area (Å²) in [5.41, 5.74) is 35.6. The van der Waals surface area contributed by atoms with Gasteiger partial charge in [0.25, 0.3) is 0 Å². The summed E-state index contributed by atoms with van der Waals surface area (Å²) >= 11 is 0. The van der Waals surface area contributed by atoms with E-state index < -0.39 is 0 Å². The summed E-state index contributed by atoms with van der Waals surface area (Å²) in [6, 6.07) is 32.9. The van der Waals surface area contributed by atoms with E-state index in [1.807, 2.05) is 0 Å². The third kappa shape index (κ3) is 8.98. The van der Waals surface area contributed by atoms with Crippen LogP contribution in [0.15, 0.2) is 91.0 Å². The smallest absolute Gasteiger partial charge is 0.166 e. The Kier molecular flexibility index (Phi) is 14.5. The summed E-state index contributed by atoms with van der Waals surface area (Å²) in [4.78, 5) is 33.7. The number of benzene rings is 8. The maximum Gasteiger partial charge on any atom is 0.166 e. The third-order valence-electron chi connectivity index (χ3n) is 19.7. The van der Waals surface area contributed by atoms with E-state index >= 15 is 0 Å². The Morgan fingerprint density at radius 1 is 0.235 bits per heavy atom. The molecule has 0 saturated carbocycles. The highest BCUT2D eigenvalue weighted by molar-refractivity contribution is 6.72. The Bertz CT molecular complexity index is 4260. The van der Waals surface area contributed by atoms with Gasteiger partial charge in [0.05, 0.1) is 16.7 Å². The van der Waals surface area contributed by atoms with Crippen molar-refractivity contribution in [2.24, 2.45) is 0 Å². The molecule has 0 unspecified atom stereocenters. The normalized spacial score (nSPS) is 11.5. The van der Waals surface area contributed by atoms with Crippen LogP contribution >= 0.6 is 0 Å². The van der Waals surface area contributed by atoms with Gasteiger partial charge in [0, 0.05) is 44.2 Å². The zero-order chi connectivity index (χ0) is 57.9. The molecule has 11 rings (SSSR count). The van der Waals surface area contributed by atoms with Gasteiger partial charge < -0.3 is 4.57 Å². The zero-order valence-corrected chi connectivity index (χ0v) is 51.3. The van der Waals surface area contributed by atoms with Gasteiger partial charge in [-0.15, -0.1) is 65.6 Å². The standard InChI is InChI=1S/C54H55B20N7/c55-29-25(30(56)38(64)45(71)37(29)63)51-75-49(76-52(79-51)26-31(57)39(65)46(72)40(66)32(26)58)18-11-13-23(81-22-9-5-4-8-19(22)20-12-10-17(15-24(20)81)16-6-2-1-3-7-16)21(14-18)50-77-53(27-33(59)41(67)47(73)42(68)34(27)60)80-54(78-50)28-35(61)43(69)48(74)44(70)36(28)62/h1-15H,55-74H2. The highest BCUT2D eigenvalue weighted by atomic mass is 15.1. The van der Waals surface area contributed by atoms with Crippen molar-refractivity contribution >= 4 is 288 Å². The molecule has 0 N–H and O–H groups in total. The molecule has 0 saturated heterocycles. The lowest BCUT2D eigenvalue weighted by Gasteiger charge is -2.23. The minimum atomic E-state index is 0.559. The average molecular weight is 1020 g/mol. The fraction of sp³-hybridized carbons (Fsp3) is 0. The molecule has 366 valence electrons. The first-order valence-corrected chi connectivity index (χ1v) is 28.6. The Labute approximate surface area is 495 Å². The van der Waals surface area contributed by atoms with E-state index in [4.69, 9.17) is 29.9 Å². The number of aromatic nitrogens is 7. The fourth-order valence-corrected chi connectivity index (χ4v) is 12.9. The number of rotatable bonds is 8. The van der Waals surface area contributed by atoms with Crippen molar-refractivity contribution in [1.29, 1.82) is 0 Å². The molecule has 3 heterocycles. The van der Waals surface area contributed by atoms with E-state index in [1.54, 1.807) is 0 Å². The molecule has 27 heteroatoms. The number of fused-ring (bicyclic) bond motifs is 3. The van der Waals surface area contributed by atoms with Crippen LogP contribution in [0.1, 0.15) is 0 Å². The van der Waals surface area contributed by atoms with Crippen molar-refractivity contribution in [1.82, 2.24) is 34.5 Å². The Balaban J connectivity index is 1.31. The molecule has 0 fully saturated rings. The summed E-state index contributed by atoms with van der Waals surface area (Å²) in [7, 11) is 44.4. The van der Waals surface area contributed by atoms with Gasteiger partial charge in [-0.2, -0.15) is 0 Å². The van der Waals surface area contributed by atoms with Crippen LogP contribution in [0.4, 0.5) is 0 Å². The largest absolute Gasteiger partial charge is 0.308 e. The quantitative estimate of drug-likeness (QED) is 0.141. The number of para-hydroxylation sites is 1. The van der Waals surface area contributed by atoms with Gasteiger partial charge in [-0.25, -0.2) is 29.9 Å². The molecule has 0 amide bonds. The first-order chi connectivity index (χ1) is 38.5. The minimum absolute atomic E-state index is 0.559. The lowest BCUT2D eigenvalue weighted by atomic mass is 9.60. The van der Waals surface area contributed by atoms with Crippen molar-refractivity contribution in [2.45, 2.75) is 0 Å². The highest BCUT2D eigenvalue weighted by Crippen LogP contribution is 2.39. The summed E-state index contributed by atoms with van der Waals surface area (Å²) in [6.45, 7) is 0. The molecule has 0 aliphatic rings. The van der Waals surface area contributed by atoms with Crippen LogP contribution in [0.3, 0.4) is 0 Å². The summed E-state index contributed by atoms with van der Waals surface area (Å²) < 4.78 is 2.41. The van der Waals surface area contributed by atoms with Crippen molar-refractivity contribution in [3.8, 4) is 85.1 Å². The van der Waals surface area contributed by atoms with Gasteiger partial charge in [-0.3, -0.25) is 0 Å². The monoisotopic (exact) mass is 1020 g/mol. The van der Waals surface area contributed by atoms with Crippen LogP contribution in [0.2, 0.25) is 0 Å². The topological polar surface area (TPSA) is 82.3 Å². The van der Waals surface area contributed by atoms with Crippen LogP contribution in [-0.4, -0.2) is 191 Å². The molecule has 11 aromatic rings. The molecule has 81 heavy (non-hydrogen) atoms. The van der Waals surface area contributed by atoms with E-state index in [9.17, 15) is 0 Å². The number of hydrogen-bond donors (Lipinski definition) is 0. The molecule has 0 atom stereocenters. The molecular weight excluding hydrogens is 963 g/mol. The second-order valence-electron chi connectivity index (χ2n) is 23.3. The summed E-state index contributed by atoms with van der Waals surface area (Å²) in [5.74, 6) is 3.74. The van der Waals surface area contributed by atoms with Gasteiger partial charge >= 0.3 is 0 Å². The van der Waals surface area contributed by atoms with Crippen molar-refractivity contribution in [3.05, 3.63) is 91.0 Å². The zero-order valence-electron chi connectivity index (χ0n) is 51.3. The molecular formula is C54H55B20N7. The molecule has 0 bridgehead atoms. The van der Waals surface area contributed by atoms with E-state index in [1.165, 1.54) is 87.4 Å². The van der Waals surface area contributed by atoms with Gasteiger partial charge in [-0.1, -0.05) is 104 Å². The summed E-state index contributed by atoms with van der Waals surface area (Å²) in [6.07, 6.45) is 0. The maximum absolute atomic E-state index is 5.73. The van der Waals surface area contributed by atoms with E-state index in [2.05, 4.69) is 252 Å². The van der Waals surface area contributed by atoms with E-state index in [-0.39, 0.29) is 0 Å². The van der Waals surface area contributed by atoms with Crippen molar-refractivity contribution in [3.63, 3.8) is 0 Å². The Hall–Kier alpha value is -7.12. The number of nitrogens with zero attached hydrogens (tertiary/aromatic N) is 7. The third-order valence-corrected chi connectivity index (χ3v) is 19.7. The van der Waals surface area contributed by atoms with Gasteiger partial charge in [0.2, 0.25) is 0 Å². The minimum Gasteiger partial charge on any atom is -0.308 e. The van der Waals surface area contributed by atoms with E-state index in [0.29, 0.717) is 34.9 Å². The van der Waals surface area contributed by atoms with Crippen LogP contribution < -0.4 is 109 Å². The van der Waals surface area contributed by atoms with Gasteiger partial charge in [0.15, 0.2) is 34.9 Å². The second-order valence-corrected chi connectivity index (χ2v) is 23.3. The van der Waals surface area contributed by atoms with Gasteiger partial charge in [-0.05, 0) is 41.5 Å². The van der Waals surface area contributed by atoms with E-state index in [0.717, 1.165) is 93.9 Å². The number of hydrogen-bond acceptors (Lipinski definition) is 6. The first-order valence-electron chi connectivity index (χ1n) is 28.6. The molecule has 7 nitrogen and oxygen atoms in total. The Morgan fingerprint density at radius 2 is 0.556 bits per heavy atom. The van der Waals surface area contributed by atoms with Gasteiger partial charge in [0.1, 0.15) is 157 Å². The van der Waals surface area contributed by atoms with Crippen LogP contribution in [0, 0.1) is 0 Å². The van der Waals surface area contributed by atoms with Crippen LogP contribution in [0.25, 0.3) is 107 Å². The second kappa shape index (κ2) is 21.0. The molecule has 3 aromatic heterocycles. The average Bonchev–Trinajstić information content (AvgIpc) is 3.54. The maximum atomic E-state index is 5.73. The predicted molar refractivity (Wildman–Crippen MR) is 409 cm³/mol. The lowest BCUT2D eigenvalue weighted by Crippen LogP contribution is -2.55. The first kappa shape index (κ1) is 55.8. The lowest BCUT2D eigenvalue weighted by molar-refractivity contribution is 1.06. The molecule has 0 aliphatic heterocycles. The SMILES string of the molecule is Bc1c(B)c(B)c(-c2nc(-c3ccc(-n4c5ccccc5c5ccc(-c6ccccc6)cc54)c(-c4nc(-c5c(B)c(B)c(B)c(B)c5B)nc(-c5c(B)c(B)c(B)c(B)c5B)n4)c3)nc(-c3c(B)c(B)c(B)c(B)c3B)n2)c(B)c1B. The van der Waals surface area contributed by atoms with Crippen LogP contribution in [0.5, 0.6) is 0 Å². The molecule has 8 aromatic carbocycles. The molecule has 0 radical (unpaired) electrons. The van der Waals surface area contributed by atoms with Crippen molar-refractivity contribution < 1.29 is 0 Å². The van der Waals surface area contributed by atoms with Crippen LogP contribution in [-0.2, 0) is 0 Å². The highest BCUT2D eigenvalue weighted by Gasteiger charge is 2.27. The Morgan fingerprint density at radius 3 is 0.963 bits per heavy atom. The summed E-state index contributed by atoms with van der Waals surface area (Å²) in [5, 5.41) is 2.31. The fourth-order valence-electron chi connectivity index (χ4n) is 12.9. The molecule has 0 spiro atoms. The predicted octanol–water partition coefficient (Wildman–Crippen LogP) is -22.0. The van der Waals surface area contributed by atoms with Crippen molar-refractivity contribution in [2.75, 3.05) is 0 Å². The molecule has 0 aliphatic carbocycles.